The maximum Gasteiger partial charge on any atom is 0.160 e. The van der Waals surface area contributed by atoms with Gasteiger partial charge in [0.15, 0.2) is 6.29 Å². The van der Waals surface area contributed by atoms with Gasteiger partial charge in [0.05, 0.1) is 23.9 Å². The highest BCUT2D eigenvalue weighted by Crippen LogP contribution is 2.23. The van der Waals surface area contributed by atoms with E-state index in [1.807, 2.05) is 6.20 Å². The van der Waals surface area contributed by atoms with Crippen LogP contribution in [0.4, 0.5) is 0 Å². The number of ether oxygens (including phenoxy) is 3. The summed E-state index contributed by atoms with van der Waals surface area (Å²) in [6.45, 7) is 9.60. The summed E-state index contributed by atoms with van der Waals surface area (Å²) in [4.78, 5) is 0. The van der Waals surface area contributed by atoms with Gasteiger partial charge in [0, 0.05) is 32.8 Å². The van der Waals surface area contributed by atoms with Crippen LogP contribution < -0.4 is 0 Å². The normalized spacial score (nSPS) is 28.4. The number of aliphatic hydroxyl groups excluding tert-OH is 2. The fraction of sp³-hybridized carbons (Fsp3) is 0.895. The summed E-state index contributed by atoms with van der Waals surface area (Å²) in [5.41, 5.74) is 0.548. The first-order chi connectivity index (χ1) is 12.8. The Morgan fingerprint density at radius 3 is 2.78 bits per heavy atom. The lowest BCUT2D eigenvalue weighted by Gasteiger charge is -2.36. The second-order valence-electron chi connectivity index (χ2n) is 8.08. The molecule has 1 saturated heterocycles. The lowest BCUT2D eigenvalue weighted by Crippen LogP contribution is -2.50. The fourth-order valence-corrected chi connectivity index (χ4v) is 3.11. The van der Waals surface area contributed by atoms with Crippen LogP contribution in [0.3, 0.4) is 0 Å². The number of methoxy groups -OCH3 is 1. The zero-order chi connectivity index (χ0) is 20.0. The lowest BCUT2D eigenvalue weighted by atomic mass is 9.97. The van der Waals surface area contributed by atoms with Crippen LogP contribution in [-0.4, -0.2) is 69.1 Å². The standard InChI is InChI=1S/C19H35N3O5/c1-6-19(4,26-8-7-13(2)3)10-14-11-22(21-20-14)12-16-18(24)15(23)9-17(25-5)27-16/h11,13,15-18,23-24H,6-10,12H2,1-5H3/t15-,16-,17+,18+,19?/m1/s1. The summed E-state index contributed by atoms with van der Waals surface area (Å²) in [5, 5.41) is 28.5. The fourth-order valence-electron chi connectivity index (χ4n) is 3.11. The third-order valence-corrected chi connectivity index (χ3v) is 5.20. The van der Waals surface area contributed by atoms with E-state index < -0.39 is 24.6 Å². The van der Waals surface area contributed by atoms with Crippen molar-refractivity contribution >= 4 is 0 Å². The van der Waals surface area contributed by atoms with Gasteiger partial charge in [-0.15, -0.1) is 5.10 Å². The molecule has 5 atom stereocenters. The predicted octanol–water partition coefficient (Wildman–Crippen LogP) is 1.54. The van der Waals surface area contributed by atoms with Gasteiger partial charge in [0.1, 0.15) is 12.2 Å². The van der Waals surface area contributed by atoms with Crippen molar-refractivity contribution in [2.24, 2.45) is 5.92 Å². The Balaban J connectivity index is 1.94. The number of nitrogens with zero attached hydrogens (tertiary/aromatic N) is 3. The molecule has 2 heterocycles. The predicted molar refractivity (Wildman–Crippen MR) is 100 cm³/mol. The maximum absolute atomic E-state index is 10.2. The Labute approximate surface area is 161 Å². The molecular formula is C19H35N3O5. The van der Waals surface area contributed by atoms with E-state index in [-0.39, 0.29) is 12.0 Å². The summed E-state index contributed by atoms with van der Waals surface area (Å²) in [7, 11) is 1.52. The van der Waals surface area contributed by atoms with E-state index in [9.17, 15) is 10.2 Å². The minimum absolute atomic E-state index is 0.249. The molecule has 1 aromatic heterocycles. The summed E-state index contributed by atoms with van der Waals surface area (Å²) < 4.78 is 18.6. The summed E-state index contributed by atoms with van der Waals surface area (Å²) in [6.07, 6.45) is 1.67. The molecule has 0 bridgehead atoms. The first kappa shape index (κ1) is 22.2. The van der Waals surface area contributed by atoms with Gasteiger partial charge in [-0.2, -0.15) is 0 Å². The van der Waals surface area contributed by atoms with Crippen molar-refractivity contribution in [2.75, 3.05) is 13.7 Å². The van der Waals surface area contributed by atoms with E-state index in [0.717, 1.165) is 25.1 Å². The Hall–Kier alpha value is -1.06. The number of hydrogen-bond donors (Lipinski definition) is 2. The number of aromatic nitrogens is 3. The first-order valence-corrected chi connectivity index (χ1v) is 9.83. The molecule has 156 valence electrons. The highest BCUT2D eigenvalue weighted by atomic mass is 16.7. The van der Waals surface area contributed by atoms with Crippen molar-refractivity contribution in [1.29, 1.82) is 0 Å². The second kappa shape index (κ2) is 9.93. The van der Waals surface area contributed by atoms with E-state index in [0.29, 0.717) is 18.9 Å². The molecule has 1 unspecified atom stereocenters. The molecular weight excluding hydrogens is 350 g/mol. The molecule has 8 heteroatoms. The van der Waals surface area contributed by atoms with Crippen LogP contribution in [0.1, 0.15) is 52.7 Å². The second-order valence-corrected chi connectivity index (χ2v) is 8.08. The quantitative estimate of drug-likeness (QED) is 0.630. The molecule has 0 amide bonds. The number of hydrogen-bond acceptors (Lipinski definition) is 7. The Morgan fingerprint density at radius 1 is 1.41 bits per heavy atom. The monoisotopic (exact) mass is 385 g/mol. The third kappa shape index (κ3) is 6.50. The van der Waals surface area contributed by atoms with Gasteiger partial charge < -0.3 is 24.4 Å². The van der Waals surface area contributed by atoms with Gasteiger partial charge in [-0.05, 0) is 25.7 Å². The van der Waals surface area contributed by atoms with Crippen molar-refractivity contribution in [3.63, 3.8) is 0 Å². The average molecular weight is 386 g/mol. The smallest absolute Gasteiger partial charge is 0.160 e. The Morgan fingerprint density at radius 2 is 2.15 bits per heavy atom. The molecule has 2 N–H and O–H groups in total. The van der Waals surface area contributed by atoms with Crippen LogP contribution in [0.2, 0.25) is 0 Å². The molecule has 1 fully saturated rings. The van der Waals surface area contributed by atoms with Crippen LogP contribution in [0.5, 0.6) is 0 Å². The number of aliphatic hydroxyl groups is 2. The van der Waals surface area contributed by atoms with Gasteiger partial charge in [-0.3, -0.25) is 0 Å². The van der Waals surface area contributed by atoms with Gasteiger partial charge in [-0.25, -0.2) is 4.68 Å². The van der Waals surface area contributed by atoms with Crippen LogP contribution >= 0.6 is 0 Å². The van der Waals surface area contributed by atoms with Gasteiger partial charge >= 0.3 is 0 Å². The molecule has 0 aliphatic carbocycles. The molecule has 1 aliphatic heterocycles. The lowest BCUT2D eigenvalue weighted by molar-refractivity contribution is -0.245. The van der Waals surface area contributed by atoms with Gasteiger partial charge in [0.2, 0.25) is 0 Å². The molecule has 0 saturated carbocycles. The van der Waals surface area contributed by atoms with Crippen LogP contribution in [0, 0.1) is 5.92 Å². The largest absolute Gasteiger partial charge is 0.390 e. The van der Waals surface area contributed by atoms with Crippen LogP contribution in [-0.2, 0) is 27.2 Å². The Bertz CT molecular complexity index is 567. The van der Waals surface area contributed by atoms with E-state index >= 15 is 0 Å². The zero-order valence-corrected chi connectivity index (χ0v) is 17.2. The average Bonchev–Trinajstić information content (AvgIpc) is 3.04. The molecule has 27 heavy (non-hydrogen) atoms. The highest BCUT2D eigenvalue weighted by Gasteiger charge is 2.37. The highest BCUT2D eigenvalue weighted by molar-refractivity contribution is 4.99. The first-order valence-electron chi connectivity index (χ1n) is 9.83. The summed E-state index contributed by atoms with van der Waals surface area (Å²) in [5.74, 6) is 0.611. The van der Waals surface area contributed by atoms with Crippen LogP contribution in [0.25, 0.3) is 0 Å². The number of rotatable bonds is 10. The van der Waals surface area contributed by atoms with E-state index in [2.05, 4.69) is 38.0 Å². The van der Waals surface area contributed by atoms with E-state index in [1.165, 1.54) is 7.11 Å². The molecule has 0 radical (unpaired) electrons. The van der Waals surface area contributed by atoms with Gasteiger partial charge in [0.25, 0.3) is 0 Å². The molecule has 1 aromatic rings. The topological polar surface area (TPSA) is 98.9 Å². The minimum Gasteiger partial charge on any atom is -0.390 e. The zero-order valence-electron chi connectivity index (χ0n) is 17.2. The summed E-state index contributed by atoms with van der Waals surface area (Å²) in [6, 6.07) is 0. The van der Waals surface area contributed by atoms with Gasteiger partial charge in [-0.1, -0.05) is 26.0 Å². The molecule has 1 aliphatic rings. The Kier molecular flexibility index (Phi) is 8.18. The molecule has 0 spiro atoms. The molecule has 2 rings (SSSR count). The van der Waals surface area contributed by atoms with E-state index in [1.54, 1.807) is 4.68 Å². The minimum atomic E-state index is -0.982. The van der Waals surface area contributed by atoms with E-state index in [4.69, 9.17) is 14.2 Å². The van der Waals surface area contributed by atoms with Crippen molar-refractivity contribution < 1.29 is 24.4 Å². The SMILES string of the molecule is CCC(C)(Cc1cn(C[C@H]2O[C@H](OC)C[C@@H](O)[C@@H]2O)nn1)OCCC(C)C. The molecule has 8 nitrogen and oxygen atoms in total. The van der Waals surface area contributed by atoms with Crippen molar-refractivity contribution in [3.05, 3.63) is 11.9 Å². The van der Waals surface area contributed by atoms with Crippen LogP contribution in [0.15, 0.2) is 6.20 Å². The van der Waals surface area contributed by atoms with Crippen molar-refractivity contribution in [3.8, 4) is 0 Å². The van der Waals surface area contributed by atoms with Crippen molar-refractivity contribution in [1.82, 2.24) is 15.0 Å². The third-order valence-electron chi connectivity index (χ3n) is 5.20. The molecule has 0 aromatic carbocycles. The maximum atomic E-state index is 10.2. The summed E-state index contributed by atoms with van der Waals surface area (Å²) >= 11 is 0. The van der Waals surface area contributed by atoms with Crippen molar-refractivity contribution in [2.45, 2.75) is 90.1 Å².